The largest absolute Gasteiger partial charge is 0.490 e. The number of carbonyl (C=O) groups excluding carboxylic acids is 1. The Morgan fingerprint density at radius 2 is 1.88 bits per heavy atom. The van der Waals surface area contributed by atoms with Crippen molar-refractivity contribution in [1.29, 1.82) is 0 Å². The number of carbonyl (C=O) groups is 1. The Bertz CT molecular complexity index is 1160. The van der Waals surface area contributed by atoms with E-state index >= 15 is 0 Å². The summed E-state index contributed by atoms with van der Waals surface area (Å²) in [4.78, 5) is 16.4. The monoisotopic (exact) mass is 486 g/mol. The molecule has 5 rings (SSSR count). The molecule has 178 valence electrons. The molecule has 2 saturated heterocycles. The fourth-order valence-electron chi connectivity index (χ4n) is 4.84. The zero-order valence-corrected chi connectivity index (χ0v) is 19.1. The van der Waals surface area contributed by atoms with Crippen molar-refractivity contribution in [2.75, 3.05) is 12.3 Å². The van der Waals surface area contributed by atoms with Crippen LogP contribution in [0.1, 0.15) is 31.2 Å². The van der Waals surface area contributed by atoms with Crippen molar-refractivity contribution < 1.29 is 18.7 Å². The van der Waals surface area contributed by atoms with E-state index in [9.17, 15) is 9.18 Å². The second-order valence-corrected chi connectivity index (χ2v) is 9.01. The average Bonchev–Trinajstić information content (AvgIpc) is 3.34. The first-order chi connectivity index (χ1) is 16.4. The summed E-state index contributed by atoms with van der Waals surface area (Å²) in [6.07, 6.45) is 3.35. The van der Waals surface area contributed by atoms with Crippen LogP contribution in [0.15, 0.2) is 42.5 Å². The van der Waals surface area contributed by atoms with E-state index in [1.54, 1.807) is 30.3 Å². The Balaban J connectivity index is 1.21. The predicted molar refractivity (Wildman–Crippen MR) is 122 cm³/mol. The number of benzene rings is 2. The van der Waals surface area contributed by atoms with Gasteiger partial charge in [0.25, 0.3) is 11.9 Å². The van der Waals surface area contributed by atoms with Crippen molar-refractivity contribution in [3.63, 3.8) is 0 Å². The molecular formula is C23H24ClFN6O3. The first-order valence-corrected chi connectivity index (χ1v) is 11.5. The summed E-state index contributed by atoms with van der Waals surface area (Å²) in [5, 5.41) is 12.0. The van der Waals surface area contributed by atoms with Gasteiger partial charge in [0.15, 0.2) is 6.61 Å². The third-order valence-electron chi connectivity index (χ3n) is 6.25. The lowest BCUT2D eigenvalue weighted by Gasteiger charge is -2.38. The third-order valence-corrected chi connectivity index (χ3v) is 6.48. The quantitative estimate of drug-likeness (QED) is 0.546. The van der Waals surface area contributed by atoms with E-state index in [1.807, 2.05) is 4.90 Å². The number of hydrogen-bond acceptors (Lipinski definition) is 7. The number of anilines is 1. The zero-order valence-electron chi connectivity index (χ0n) is 18.3. The molecule has 2 aromatic carbocycles. The van der Waals surface area contributed by atoms with Gasteiger partial charge in [-0.3, -0.25) is 4.79 Å². The lowest BCUT2D eigenvalue weighted by Crippen LogP contribution is -2.50. The van der Waals surface area contributed by atoms with Gasteiger partial charge < -0.3 is 20.1 Å². The summed E-state index contributed by atoms with van der Waals surface area (Å²) in [5.41, 5.74) is 6.25. The Morgan fingerprint density at radius 3 is 2.56 bits per heavy atom. The minimum absolute atomic E-state index is 0.00147. The van der Waals surface area contributed by atoms with Crippen LogP contribution in [0.2, 0.25) is 5.02 Å². The highest BCUT2D eigenvalue weighted by molar-refractivity contribution is 6.30. The molecule has 1 unspecified atom stereocenters. The smallest absolute Gasteiger partial charge is 0.261 e. The number of fused-ring (bicyclic) bond motifs is 2. The number of tetrazole rings is 1. The molecule has 9 nitrogen and oxygen atoms in total. The van der Waals surface area contributed by atoms with Gasteiger partial charge in [-0.1, -0.05) is 16.7 Å². The molecule has 2 aliphatic rings. The van der Waals surface area contributed by atoms with Crippen LogP contribution in [0.3, 0.4) is 0 Å². The van der Waals surface area contributed by atoms with Gasteiger partial charge in [0.1, 0.15) is 23.4 Å². The van der Waals surface area contributed by atoms with Crippen molar-refractivity contribution in [1.82, 2.24) is 25.1 Å². The minimum Gasteiger partial charge on any atom is -0.490 e. The summed E-state index contributed by atoms with van der Waals surface area (Å²) in [5.74, 6) is 0.889. The molecule has 1 amide bonds. The molecule has 34 heavy (non-hydrogen) atoms. The summed E-state index contributed by atoms with van der Waals surface area (Å²) in [6, 6.07) is 11.4. The molecule has 11 heteroatoms. The van der Waals surface area contributed by atoms with E-state index in [4.69, 9.17) is 26.8 Å². The molecule has 2 aliphatic heterocycles. The van der Waals surface area contributed by atoms with E-state index in [0.717, 1.165) is 25.7 Å². The molecule has 3 heterocycles. The molecule has 0 spiro atoms. The summed E-state index contributed by atoms with van der Waals surface area (Å²) in [7, 11) is 0. The van der Waals surface area contributed by atoms with Crippen LogP contribution in [-0.2, 0) is 11.3 Å². The first-order valence-electron chi connectivity index (χ1n) is 11.1. The number of amides is 1. The molecule has 3 atom stereocenters. The third kappa shape index (κ3) is 4.91. The van der Waals surface area contributed by atoms with Gasteiger partial charge in [-0.15, -0.1) is 5.10 Å². The first kappa shape index (κ1) is 22.4. The van der Waals surface area contributed by atoms with Crippen LogP contribution in [0.4, 0.5) is 10.3 Å². The van der Waals surface area contributed by atoms with Gasteiger partial charge in [-0.2, -0.15) is 4.80 Å². The van der Waals surface area contributed by atoms with Crippen molar-refractivity contribution in [3.8, 4) is 11.5 Å². The number of ether oxygens (including phenoxy) is 2. The van der Waals surface area contributed by atoms with Crippen LogP contribution in [-0.4, -0.2) is 55.8 Å². The van der Waals surface area contributed by atoms with Gasteiger partial charge in [0.05, 0.1) is 6.54 Å². The van der Waals surface area contributed by atoms with Gasteiger partial charge in [0, 0.05) is 35.5 Å². The number of nitrogens with zero attached hydrogens (tertiary/aromatic N) is 5. The zero-order chi connectivity index (χ0) is 23.7. The molecule has 3 aromatic rings. The second kappa shape index (κ2) is 9.46. The topological polar surface area (TPSA) is 108 Å². The maximum absolute atomic E-state index is 13.2. The van der Waals surface area contributed by atoms with Gasteiger partial charge in [-0.05, 0) is 60.5 Å². The number of nitrogens with two attached hydrogens (primary N) is 1. The van der Waals surface area contributed by atoms with E-state index in [2.05, 4.69) is 15.4 Å². The maximum Gasteiger partial charge on any atom is 0.261 e. The number of nitrogen functional groups attached to an aromatic ring is 1. The highest BCUT2D eigenvalue weighted by atomic mass is 35.5. The summed E-state index contributed by atoms with van der Waals surface area (Å²) in [6.45, 7) is 0.170. The van der Waals surface area contributed by atoms with E-state index in [-0.39, 0.29) is 49.0 Å². The Labute approximate surface area is 200 Å². The predicted octanol–water partition coefficient (Wildman–Crippen LogP) is 3.08. The normalized spacial score (nSPS) is 21.5. The number of piperidine rings is 1. The Morgan fingerprint density at radius 1 is 1.15 bits per heavy atom. The fourth-order valence-corrected chi connectivity index (χ4v) is 5.03. The average molecular weight is 487 g/mol. The SMILES string of the molecule is Nc1nnn(Cc2cc(Cl)ccc2OCC(=O)N2[C@@H]3CC[C@H]2CC(Oc2ccc(F)cc2)C3)n1. The molecule has 0 saturated carbocycles. The van der Waals surface area contributed by atoms with Crippen LogP contribution in [0.25, 0.3) is 0 Å². The van der Waals surface area contributed by atoms with Gasteiger partial charge >= 0.3 is 0 Å². The second-order valence-electron chi connectivity index (χ2n) is 8.57. The van der Waals surface area contributed by atoms with Crippen LogP contribution >= 0.6 is 11.6 Å². The van der Waals surface area contributed by atoms with E-state index in [0.29, 0.717) is 22.1 Å². The number of hydrogen-bond donors (Lipinski definition) is 1. The lowest BCUT2D eigenvalue weighted by atomic mass is 9.99. The summed E-state index contributed by atoms with van der Waals surface area (Å²) >= 11 is 6.15. The molecule has 2 N–H and O–H groups in total. The molecule has 0 radical (unpaired) electrons. The molecule has 1 aromatic heterocycles. The Hall–Kier alpha value is -3.40. The minimum atomic E-state index is -0.293. The van der Waals surface area contributed by atoms with E-state index in [1.165, 1.54) is 16.9 Å². The van der Waals surface area contributed by atoms with E-state index < -0.39 is 0 Å². The standard InChI is InChI=1S/C23H24ClFN6O3/c24-15-1-8-21(14(9-15)12-30-28-23(26)27-29-30)33-13-22(32)31-17-4-5-18(31)11-20(10-17)34-19-6-2-16(25)3-7-19/h1-3,6-9,17-18,20H,4-5,10-13H2,(H2,26,28)/t17-,18+,20?. The van der Waals surface area contributed by atoms with Crippen molar-refractivity contribution >= 4 is 23.5 Å². The van der Waals surface area contributed by atoms with Gasteiger partial charge in [0.2, 0.25) is 0 Å². The summed E-state index contributed by atoms with van der Waals surface area (Å²) < 4.78 is 25.1. The highest BCUT2D eigenvalue weighted by Gasteiger charge is 2.44. The van der Waals surface area contributed by atoms with Gasteiger partial charge in [-0.25, -0.2) is 4.39 Å². The Kier molecular flexibility index (Phi) is 6.23. The molecule has 0 aliphatic carbocycles. The molecule has 2 fully saturated rings. The van der Waals surface area contributed by atoms with Crippen LogP contribution in [0, 0.1) is 5.82 Å². The fraction of sp³-hybridized carbons (Fsp3) is 0.391. The highest BCUT2D eigenvalue weighted by Crippen LogP contribution is 2.37. The lowest BCUT2D eigenvalue weighted by molar-refractivity contribution is -0.139. The van der Waals surface area contributed by atoms with Crippen molar-refractivity contribution in [2.45, 2.75) is 50.4 Å². The van der Waals surface area contributed by atoms with Crippen LogP contribution < -0.4 is 15.2 Å². The number of rotatable bonds is 7. The maximum atomic E-state index is 13.2. The molecule has 2 bridgehead atoms. The van der Waals surface area contributed by atoms with Crippen LogP contribution in [0.5, 0.6) is 11.5 Å². The van der Waals surface area contributed by atoms with Crippen molar-refractivity contribution in [3.05, 3.63) is 58.9 Å². The molecular weight excluding hydrogens is 463 g/mol. The van der Waals surface area contributed by atoms with Crippen molar-refractivity contribution in [2.24, 2.45) is 0 Å². The number of halogens is 2. The number of aromatic nitrogens is 4.